The van der Waals surface area contributed by atoms with Crippen LogP contribution in [0.3, 0.4) is 0 Å². The molecule has 0 radical (unpaired) electrons. The molecule has 20 heavy (non-hydrogen) atoms. The van der Waals surface area contributed by atoms with Crippen LogP contribution in [0.4, 0.5) is 4.79 Å². The molecule has 0 unspecified atom stereocenters. The lowest BCUT2D eigenvalue weighted by Gasteiger charge is -2.29. The Morgan fingerprint density at radius 3 is 1.95 bits per heavy atom. The van der Waals surface area contributed by atoms with Crippen molar-refractivity contribution in [3.05, 3.63) is 0 Å². The van der Waals surface area contributed by atoms with E-state index >= 15 is 0 Å². The fraction of sp³-hybridized carbons (Fsp3) is 0.933. The van der Waals surface area contributed by atoms with Crippen LogP contribution in [0.2, 0.25) is 0 Å². The van der Waals surface area contributed by atoms with E-state index in [2.05, 4.69) is 36.7 Å². The summed E-state index contributed by atoms with van der Waals surface area (Å²) in [6, 6.07) is 0. The van der Waals surface area contributed by atoms with Gasteiger partial charge in [0, 0.05) is 25.2 Å². The monoisotopic (exact) mass is 287 g/mol. The molecule has 0 saturated carbocycles. The molecule has 0 saturated heterocycles. The zero-order valence-electron chi connectivity index (χ0n) is 14.4. The molecular weight excluding hydrogens is 254 g/mol. The number of rotatable bonds is 6. The number of hydrogen-bond acceptors (Lipinski definition) is 4. The highest BCUT2D eigenvalue weighted by atomic mass is 16.6. The van der Waals surface area contributed by atoms with Gasteiger partial charge in [0.2, 0.25) is 0 Å². The number of nitrogens with one attached hydrogen (secondary N) is 3. The first-order valence-corrected chi connectivity index (χ1v) is 7.28. The van der Waals surface area contributed by atoms with Crippen LogP contribution in [0.25, 0.3) is 0 Å². The average molecular weight is 287 g/mol. The molecule has 0 aliphatic heterocycles. The van der Waals surface area contributed by atoms with Gasteiger partial charge in [-0.05, 0) is 55.4 Å². The standard InChI is InChI=1S/C15H33N3O2/c1-13(2,3)17-10-9-16-11-15(7,8)18-12(19)20-14(4,5)6/h16-17H,9-11H2,1-8H3,(H,18,19). The molecule has 0 bridgehead atoms. The van der Waals surface area contributed by atoms with Gasteiger partial charge in [-0.3, -0.25) is 0 Å². The van der Waals surface area contributed by atoms with E-state index in [4.69, 9.17) is 4.74 Å². The van der Waals surface area contributed by atoms with Gasteiger partial charge in [-0.15, -0.1) is 0 Å². The number of ether oxygens (including phenoxy) is 1. The highest BCUT2D eigenvalue weighted by molar-refractivity contribution is 5.68. The lowest BCUT2D eigenvalue weighted by molar-refractivity contribution is 0.0472. The zero-order valence-corrected chi connectivity index (χ0v) is 14.4. The summed E-state index contributed by atoms with van der Waals surface area (Å²) in [7, 11) is 0. The Morgan fingerprint density at radius 1 is 0.950 bits per heavy atom. The maximum atomic E-state index is 11.7. The number of carbonyl (C=O) groups excluding carboxylic acids is 1. The Hall–Kier alpha value is -0.810. The van der Waals surface area contributed by atoms with Crippen LogP contribution in [0.15, 0.2) is 0 Å². The molecule has 0 aromatic rings. The summed E-state index contributed by atoms with van der Waals surface area (Å²) < 4.78 is 5.26. The molecule has 1 amide bonds. The Balaban J connectivity index is 3.93. The van der Waals surface area contributed by atoms with E-state index in [-0.39, 0.29) is 17.2 Å². The minimum Gasteiger partial charge on any atom is -0.444 e. The Bertz CT molecular complexity index is 301. The molecule has 0 aliphatic rings. The van der Waals surface area contributed by atoms with Crippen LogP contribution < -0.4 is 16.0 Å². The SMILES string of the molecule is CC(C)(C)NCCNCC(C)(C)NC(=O)OC(C)(C)C. The van der Waals surface area contributed by atoms with Gasteiger partial charge in [-0.1, -0.05) is 0 Å². The van der Waals surface area contributed by atoms with Crippen LogP contribution in [0, 0.1) is 0 Å². The summed E-state index contributed by atoms with van der Waals surface area (Å²) in [5.41, 5.74) is -0.680. The van der Waals surface area contributed by atoms with E-state index in [1.807, 2.05) is 34.6 Å². The van der Waals surface area contributed by atoms with Gasteiger partial charge in [0.1, 0.15) is 5.60 Å². The molecule has 0 rings (SSSR count). The van der Waals surface area contributed by atoms with Crippen LogP contribution in [-0.2, 0) is 4.74 Å². The highest BCUT2D eigenvalue weighted by Gasteiger charge is 2.24. The Morgan fingerprint density at radius 2 is 1.50 bits per heavy atom. The second-order valence-electron chi connectivity index (χ2n) is 7.86. The topological polar surface area (TPSA) is 62.4 Å². The molecular formula is C15H33N3O2. The third-order valence-electron chi connectivity index (χ3n) is 2.36. The van der Waals surface area contributed by atoms with E-state index in [0.717, 1.165) is 13.1 Å². The number of hydrogen-bond donors (Lipinski definition) is 3. The third-order valence-corrected chi connectivity index (χ3v) is 2.36. The fourth-order valence-corrected chi connectivity index (χ4v) is 1.55. The lowest BCUT2D eigenvalue weighted by atomic mass is 10.1. The van der Waals surface area contributed by atoms with Crippen molar-refractivity contribution in [2.75, 3.05) is 19.6 Å². The molecule has 0 heterocycles. The normalized spacial score (nSPS) is 13.2. The highest BCUT2D eigenvalue weighted by Crippen LogP contribution is 2.09. The van der Waals surface area contributed by atoms with E-state index in [1.54, 1.807) is 0 Å². The predicted molar refractivity (Wildman–Crippen MR) is 84.1 cm³/mol. The molecule has 3 N–H and O–H groups in total. The summed E-state index contributed by atoms with van der Waals surface area (Å²) in [5, 5.41) is 9.61. The third kappa shape index (κ3) is 12.2. The van der Waals surface area contributed by atoms with Crippen molar-refractivity contribution in [3.63, 3.8) is 0 Å². The fourth-order valence-electron chi connectivity index (χ4n) is 1.55. The molecule has 0 aromatic carbocycles. The number of carbonyl (C=O) groups is 1. The van der Waals surface area contributed by atoms with Crippen molar-refractivity contribution in [1.29, 1.82) is 0 Å². The molecule has 0 spiro atoms. The van der Waals surface area contributed by atoms with Gasteiger partial charge in [0.25, 0.3) is 0 Å². The predicted octanol–water partition coefficient (Wildman–Crippen LogP) is 2.27. The quantitative estimate of drug-likeness (QED) is 0.656. The van der Waals surface area contributed by atoms with E-state index < -0.39 is 5.60 Å². The second-order valence-corrected chi connectivity index (χ2v) is 7.86. The Labute approximate surface area is 124 Å². The van der Waals surface area contributed by atoms with Gasteiger partial charge in [-0.25, -0.2) is 4.79 Å². The number of alkyl carbamates (subject to hydrolysis) is 1. The van der Waals surface area contributed by atoms with Gasteiger partial charge in [0.15, 0.2) is 0 Å². The smallest absolute Gasteiger partial charge is 0.408 e. The minimum absolute atomic E-state index is 0.131. The van der Waals surface area contributed by atoms with Crippen molar-refractivity contribution in [2.24, 2.45) is 0 Å². The Kier molecular flexibility index (Phi) is 6.98. The van der Waals surface area contributed by atoms with Crippen LogP contribution in [-0.4, -0.2) is 42.4 Å². The molecule has 0 aromatic heterocycles. The maximum absolute atomic E-state index is 11.7. The van der Waals surface area contributed by atoms with Gasteiger partial charge in [0.05, 0.1) is 5.54 Å². The van der Waals surface area contributed by atoms with E-state index in [0.29, 0.717) is 6.54 Å². The summed E-state index contributed by atoms with van der Waals surface area (Å²) in [4.78, 5) is 11.7. The van der Waals surface area contributed by atoms with Crippen molar-refractivity contribution in [2.45, 2.75) is 72.1 Å². The minimum atomic E-state index is -0.468. The largest absolute Gasteiger partial charge is 0.444 e. The molecule has 0 atom stereocenters. The van der Waals surface area contributed by atoms with Gasteiger partial charge >= 0.3 is 6.09 Å². The first-order chi connectivity index (χ1) is 8.81. The average Bonchev–Trinajstić information content (AvgIpc) is 2.09. The summed E-state index contributed by atoms with van der Waals surface area (Å²) >= 11 is 0. The molecule has 5 nitrogen and oxygen atoms in total. The van der Waals surface area contributed by atoms with E-state index in [9.17, 15) is 4.79 Å². The van der Waals surface area contributed by atoms with Crippen LogP contribution >= 0.6 is 0 Å². The van der Waals surface area contributed by atoms with Crippen molar-refractivity contribution in [3.8, 4) is 0 Å². The van der Waals surface area contributed by atoms with Crippen molar-refractivity contribution in [1.82, 2.24) is 16.0 Å². The lowest BCUT2D eigenvalue weighted by Crippen LogP contribution is -2.52. The van der Waals surface area contributed by atoms with E-state index in [1.165, 1.54) is 0 Å². The first-order valence-electron chi connectivity index (χ1n) is 7.28. The van der Waals surface area contributed by atoms with Crippen molar-refractivity contribution >= 4 is 6.09 Å². The van der Waals surface area contributed by atoms with Crippen molar-refractivity contribution < 1.29 is 9.53 Å². The summed E-state index contributed by atoms with van der Waals surface area (Å²) in [6.45, 7) is 18.4. The molecule has 0 fully saturated rings. The van der Waals surface area contributed by atoms with Crippen LogP contribution in [0.1, 0.15) is 55.4 Å². The first kappa shape index (κ1) is 19.2. The molecule has 5 heteroatoms. The van der Waals surface area contributed by atoms with Gasteiger partial charge in [-0.2, -0.15) is 0 Å². The molecule has 120 valence electrons. The second kappa shape index (κ2) is 7.27. The molecule has 0 aliphatic carbocycles. The maximum Gasteiger partial charge on any atom is 0.408 e. The van der Waals surface area contributed by atoms with Gasteiger partial charge < -0.3 is 20.7 Å². The van der Waals surface area contributed by atoms with Crippen LogP contribution in [0.5, 0.6) is 0 Å². The summed E-state index contributed by atoms with van der Waals surface area (Å²) in [5.74, 6) is 0. The summed E-state index contributed by atoms with van der Waals surface area (Å²) in [6.07, 6.45) is -0.378. The number of amides is 1. The zero-order chi connectivity index (χ0) is 16.0.